The number of quaternary nitrogens is 1. The molecule has 0 heterocycles. The van der Waals surface area contributed by atoms with Crippen molar-refractivity contribution in [1.29, 1.82) is 0 Å². The molecule has 0 saturated heterocycles. The van der Waals surface area contributed by atoms with Crippen LogP contribution in [-0.4, -0.2) is 49.9 Å². The van der Waals surface area contributed by atoms with Gasteiger partial charge in [-0.15, -0.1) is 0 Å². The van der Waals surface area contributed by atoms with Gasteiger partial charge in [-0.2, -0.15) is 0 Å². The minimum absolute atomic E-state index is 0. The molecule has 0 radical (unpaired) electrons. The normalized spacial score (nSPS) is 11.9. The van der Waals surface area contributed by atoms with Gasteiger partial charge in [-0.3, -0.25) is 0 Å². The van der Waals surface area contributed by atoms with E-state index in [1.54, 1.807) is 6.92 Å². The Morgan fingerprint density at radius 1 is 1.40 bits per heavy atom. The Hall–Kier alpha value is -0.550. The second-order valence-corrected chi connectivity index (χ2v) is 4.18. The van der Waals surface area contributed by atoms with Gasteiger partial charge in [0, 0.05) is 6.42 Å². The van der Waals surface area contributed by atoms with Gasteiger partial charge in [0.1, 0.15) is 0 Å². The number of ether oxygens (including phenoxy) is 1. The predicted octanol–water partition coefficient (Wildman–Crippen LogP) is -1.91. The van der Waals surface area contributed by atoms with Crippen LogP contribution in [0.1, 0.15) is 13.3 Å². The molecule has 4 nitrogen and oxygen atoms in total. The largest absolute Gasteiger partial charge is 1.00 e. The Labute approximate surface area is 102 Å². The minimum Gasteiger partial charge on any atom is -1.00 e. The molecule has 0 amide bonds. The summed E-state index contributed by atoms with van der Waals surface area (Å²) in [6.45, 7) is 2.87. The molecule has 0 saturated carbocycles. The molecule has 90 valence electrons. The summed E-state index contributed by atoms with van der Waals surface area (Å²) in [5.74, 6) is -0.968. The van der Waals surface area contributed by atoms with Crippen molar-refractivity contribution in [3.05, 3.63) is 11.8 Å². The standard InChI is InChI=1S/C10H19NO3.BrH/c1-5-9(12)10(13)14-8-6-7-11(2,3)4;/h5H,6-8H2,1-4H3;1H. The number of hydrogen-bond donors (Lipinski definition) is 1. The van der Waals surface area contributed by atoms with Gasteiger partial charge >= 0.3 is 5.97 Å². The maximum atomic E-state index is 11.0. The van der Waals surface area contributed by atoms with Crippen molar-refractivity contribution < 1.29 is 36.1 Å². The fourth-order valence-electron chi connectivity index (χ4n) is 0.896. The Morgan fingerprint density at radius 3 is 2.33 bits per heavy atom. The minimum atomic E-state index is -0.645. The van der Waals surface area contributed by atoms with Gasteiger partial charge < -0.3 is 31.3 Å². The summed E-state index contributed by atoms with van der Waals surface area (Å²) in [5.41, 5.74) is 0. The van der Waals surface area contributed by atoms with E-state index in [0.29, 0.717) is 6.61 Å². The molecule has 0 aliphatic rings. The number of esters is 1. The van der Waals surface area contributed by atoms with E-state index >= 15 is 0 Å². The van der Waals surface area contributed by atoms with E-state index in [4.69, 9.17) is 9.84 Å². The molecular weight excluding hydrogens is 262 g/mol. The van der Waals surface area contributed by atoms with Crippen LogP contribution >= 0.6 is 0 Å². The number of rotatable bonds is 5. The fourth-order valence-corrected chi connectivity index (χ4v) is 0.896. The summed E-state index contributed by atoms with van der Waals surface area (Å²) in [5, 5.41) is 8.97. The third-order valence-corrected chi connectivity index (χ3v) is 1.69. The highest BCUT2D eigenvalue weighted by Gasteiger charge is 2.09. The van der Waals surface area contributed by atoms with Crippen LogP contribution in [0.2, 0.25) is 0 Å². The van der Waals surface area contributed by atoms with Crippen molar-refractivity contribution in [3.63, 3.8) is 0 Å². The molecule has 0 atom stereocenters. The van der Waals surface area contributed by atoms with E-state index in [1.165, 1.54) is 6.08 Å². The zero-order valence-electron chi connectivity index (χ0n) is 9.79. The van der Waals surface area contributed by atoms with Crippen LogP contribution in [0.15, 0.2) is 11.8 Å². The Balaban J connectivity index is 0. The summed E-state index contributed by atoms with van der Waals surface area (Å²) in [7, 11) is 6.22. The molecule has 15 heavy (non-hydrogen) atoms. The molecule has 0 rings (SSSR count). The first kappa shape index (κ1) is 16.9. The smallest absolute Gasteiger partial charge is 0.373 e. The highest BCUT2D eigenvalue weighted by molar-refractivity contribution is 5.85. The number of aliphatic hydroxyl groups excluding tert-OH is 1. The van der Waals surface area contributed by atoms with Gasteiger partial charge in [-0.1, -0.05) is 0 Å². The fraction of sp³-hybridized carbons (Fsp3) is 0.700. The lowest BCUT2D eigenvalue weighted by molar-refractivity contribution is -0.870. The summed E-state index contributed by atoms with van der Waals surface area (Å²) in [4.78, 5) is 11.0. The van der Waals surface area contributed by atoms with E-state index in [0.717, 1.165) is 17.4 Å². The van der Waals surface area contributed by atoms with Gasteiger partial charge in [-0.25, -0.2) is 4.79 Å². The zero-order chi connectivity index (χ0) is 11.2. The summed E-state index contributed by atoms with van der Waals surface area (Å²) in [6.07, 6.45) is 2.12. The van der Waals surface area contributed by atoms with Crippen LogP contribution in [0.25, 0.3) is 0 Å². The Kier molecular flexibility index (Phi) is 8.66. The second kappa shape index (κ2) is 7.70. The summed E-state index contributed by atoms with van der Waals surface area (Å²) >= 11 is 0. The van der Waals surface area contributed by atoms with E-state index in [1.807, 2.05) is 0 Å². The molecule has 0 spiro atoms. The maximum absolute atomic E-state index is 11.0. The molecule has 1 N–H and O–H groups in total. The first-order valence-corrected chi connectivity index (χ1v) is 4.69. The average Bonchev–Trinajstić information content (AvgIpc) is 2.09. The monoisotopic (exact) mass is 281 g/mol. The number of hydrogen-bond acceptors (Lipinski definition) is 3. The van der Waals surface area contributed by atoms with Crippen LogP contribution in [0.3, 0.4) is 0 Å². The molecule has 0 aromatic heterocycles. The second-order valence-electron chi connectivity index (χ2n) is 4.18. The molecule has 5 heteroatoms. The van der Waals surface area contributed by atoms with Gasteiger partial charge in [0.05, 0.1) is 34.3 Å². The van der Waals surface area contributed by atoms with E-state index in [2.05, 4.69) is 21.1 Å². The molecular formula is C10H20BrNO3. The number of aliphatic hydroxyl groups is 1. The molecule has 0 unspecified atom stereocenters. The highest BCUT2D eigenvalue weighted by Crippen LogP contribution is 1.97. The maximum Gasteiger partial charge on any atom is 0.373 e. The number of halogens is 1. The van der Waals surface area contributed by atoms with Crippen molar-refractivity contribution >= 4 is 5.97 Å². The molecule has 0 aromatic carbocycles. The lowest BCUT2D eigenvalue weighted by atomic mass is 10.4. The van der Waals surface area contributed by atoms with Crippen LogP contribution in [0, 0.1) is 0 Å². The van der Waals surface area contributed by atoms with E-state index in [9.17, 15) is 4.79 Å². The Bertz CT molecular complexity index is 221. The molecule has 0 aliphatic heterocycles. The zero-order valence-corrected chi connectivity index (χ0v) is 11.4. The molecule has 0 aliphatic carbocycles. The van der Waals surface area contributed by atoms with E-state index < -0.39 is 5.97 Å². The van der Waals surface area contributed by atoms with Crippen LogP contribution in [0.4, 0.5) is 0 Å². The number of carbonyl (C=O) groups is 1. The quantitative estimate of drug-likeness (QED) is 0.210. The number of nitrogens with zero attached hydrogens (tertiary/aromatic N) is 1. The van der Waals surface area contributed by atoms with Crippen molar-refractivity contribution in [2.75, 3.05) is 34.3 Å². The van der Waals surface area contributed by atoms with Crippen LogP contribution in [0.5, 0.6) is 0 Å². The molecule has 0 aromatic rings. The molecule has 0 bridgehead atoms. The predicted molar refractivity (Wildman–Crippen MR) is 54.9 cm³/mol. The highest BCUT2D eigenvalue weighted by atomic mass is 79.9. The van der Waals surface area contributed by atoms with Crippen molar-refractivity contribution in [2.24, 2.45) is 0 Å². The SMILES string of the molecule is CC=C(O)C(=O)OCCC[N+](C)(C)C.[Br-]. The van der Waals surface area contributed by atoms with Crippen molar-refractivity contribution in [1.82, 2.24) is 0 Å². The number of carbonyl (C=O) groups excluding carboxylic acids is 1. The van der Waals surface area contributed by atoms with Crippen molar-refractivity contribution in [2.45, 2.75) is 13.3 Å². The number of allylic oxidation sites excluding steroid dienone is 1. The third-order valence-electron chi connectivity index (χ3n) is 1.69. The van der Waals surface area contributed by atoms with Gasteiger partial charge in [-0.05, 0) is 13.0 Å². The first-order chi connectivity index (χ1) is 6.37. The van der Waals surface area contributed by atoms with Gasteiger partial charge in [0.2, 0.25) is 0 Å². The van der Waals surface area contributed by atoms with Gasteiger partial charge in [0.15, 0.2) is 5.76 Å². The van der Waals surface area contributed by atoms with Crippen molar-refractivity contribution in [3.8, 4) is 0 Å². The van der Waals surface area contributed by atoms with E-state index in [-0.39, 0.29) is 22.7 Å². The Morgan fingerprint density at radius 2 is 1.93 bits per heavy atom. The first-order valence-electron chi connectivity index (χ1n) is 4.69. The third kappa shape index (κ3) is 9.75. The van der Waals surface area contributed by atoms with Crippen LogP contribution in [-0.2, 0) is 9.53 Å². The van der Waals surface area contributed by atoms with Gasteiger partial charge in [0.25, 0.3) is 0 Å². The lowest BCUT2D eigenvalue weighted by Crippen LogP contribution is -3.00. The average molecular weight is 282 g/mol. The summed E-state index contributed by atoms with van der Waals surface area (Å²) in [6, 6.07) is 0. The topological polar surface area (TPSA) is 46.5 Å². The summed E-state index contributed by atoms with van der Waals surface area (Å²) < 4.78 is 5.66. The van der Waals surface area contributed by atoms with Crippen LogP contribution < -0.4 is 17.0 Å². The lowest BCUT2D eigenvalue weighted by Gasteiger charge is -2.23. The molecule has 0 fully saturated rings.